The minimum atomic E-state index is -0.577. The van der Waals surface area contributed by atoms with Gasteiger partial charge in [-0.15, -0.1) is 0 Å². The highest BCUT2D eigenvalue weighted by Gasteiger charge is 2.49. The molecule has 270 valence electrons. The van der Waals surface area contributed by atoms with Crippen molar-refractivity contribution in [2.24, 2.45) is 0 Å². The molecule has 1 fully saturated rings. The van der Waals surface area contributed by atoms with Gasteiger partial charge in [0.05, 0.1) is 12.0 Å². The van der Waals surface area contributed by atoms with Gasteiger partial charge in [-0.1, -0.05) is 158 Å². The van der Waals surface area contributed by atoms with E-state index in [9.17, 15) is 0 Å². The first-order chi connectivity index (χ1) is 27.7. The molecule has 1 spiro atoms. The van der Waals surface area contributed by atoms with Crippen LogP contribution in [0, 0.1) is 5.41 Å². The summed E-state index contributed by atoms with van der Waals surface area (Å²) >= 11 is 0. The first-order valence-electron chi connectivity index (χ1n) is 19.2. The first kappa shape index (κ1) is 33.9. The molecule has 7 aromatic rings. The quantitative estimate of drug-likeness (QED) is 0.146. The number of fused-ring (bicyclic) bond motifs is 6. The summed E-state index contributed by atoms with van der Waals surface area (Å²) in [5.74, 6) is 1.71. The topological polar surface area (TPSA) is 51.6 Å². The summed E-state index contributed by atoms with van der Waals surface area (Å²) in [4.78, 5) is 0. The Hall–Kier alpha value is -6.63. The second-order valence-electron chi connectivity index (χ2n) is 14.6. The molecule has 2 N–H and O–H groups in total. The van der Waals surface area contributed by atoms with Crippen molar-refractivity contribution in [1.82, 2.24) is 15.6 Å². The van der Waals surface area contributed by atoms with Crippen LogP contribution in [0.4, 0.5) is 0 Å². The van der Waals surface area contributed by atoms with E-state index in [1.54, 1.807) is 0 Å². The standard InChI is InChI=1S/C51H40N4O/c52-30-12-19-44-32-43-29-28-42(33-47(43)51(44)45-20-7-9-22-48(45)56-49-23-10-8-21-46(49)51)41-18-11-17-40(31-41)38-26-24-37(25-27-38)35-55-53-50(39-15-5-2-6-16-39)54(55)34-36-13-3-1-4-14-36/h1-33,50,52-53H,34-35H2/b19-12-,52-30?. The van der Waals surface area contributed by atoms with E-state index in [1.165, 1.54) is 45.2 Å². The zero-order valence-corrected chi connectivity index (χ0v) is 30.8. The van der Waals surface area contributed by atoms with Gasteiger partial charge in [-0.2, -0.15) is 5.12 Å². The minimum Gasteiger partial charge on any atom is -0.457 e. The van der Waals surface area contributed by atoms with E-state index >= 15 is 0 Å². The van der Waals surface area contributed by atoms with Gasteiger partial charge in [0, 0.05) is 23.9 Å². The van der Waals surface area contributed by atoms with Crippen molar-refractivity contribution in [3.05, 3.63) is 233 Å². The molecule has 0 amide bonds. The number of rotatable bonds is 9. The van der Waals surface area contributed by atoms with E-state index in [-0.39, 0.29) is 6.17 Å². The lowest BCUT2D eigenvalue weighted by atomic mass is 9.65. The summed E-state index contributed by atoms with van der Waals surface area (Å²) in [5.41, 5.74) is 17.3. The Morgan fingerprint density at radius 3 is 1.89 bits per heavy atom. The Morgan fingerprint density at radius 2 is 1.18 bits per heavy atom. The van der Waals surface area contributed by atoms with Crippen molar-refractivity contribution >= 4 is 12.3 Å². The van der Waals surface area contributed by atoms with E-state index in [0.717, 1.165) is 52.4 Å². The third-order valence-electron chi connectivity index (χ3n) is 11.4. The first-order valence-corrected chi connectivity index (χ1v) is 19.2. The molecule has 2 heterocycles. The number of hydrogen-bond acceptors (Lipinski definition) is 5. The monoisotopic (exact) mass is 724 g/mol. The van der Waals surface area contributed by atoms with Crippen LogP contribution in [0.15, 0.2) is 194 Å². The summed E-state index contributed by atoms with van der Waals surface area (Å²) < 4.78 is 6.50. The molecule has 0 aromatic heterocycles. The van der Waals surface area contributed by atoms with E-state index in [1.807, 2.05) is 18.2 Å². The molecule has 3 aliphatic rings. The SMILES string of the molecule is N=C/C=C\C1=Cc2ccc(-c3cccc(-c4ccc(CN5NC(c6ccccc6)N5Cc5ccccc5)cc4)c3)cc2C12c1ccccc1Oc1ccccc12. The van der Waals surface area contributed by atoms with E-state index in [4.69, 9.17) is 10.1 Å². The van der Waals surface area contributed by atoms with Gasteiger partial charge in [-0.25, -0.2) is 10.4 Å². The third kappa shape index (κ3) is 5.81. The number of nitrogens with zero attached hydrogens (tertiary/aromatic N) is 2. The second-order valence-corrected chi connectivity index (χ2v) is 14.6. The fourth-order valence-corrected chi connectivity index (χ4v) is 8.72. The summed E-state index contributed by atoms with van der Waals surface area (Å²) in [6.07, 6.45) is 7.65. The number of para-hydroxylation sites is 2. The molecule has 0 saturated carbocycles. The van der Waals surface area contributed by atoms with Crippen molar-refractivity contribution < 1.29 is 4.74 Å². The number of hydrogen-bond donors (Lipinski definition) is 2. The van der Waals surface area contributed by atoms with Crippen LogP contribution < -0.4 is 10.2 Å². The highest BCUT2D eigenvalue weighted by Crippen LogP contribution is 2.59. The zero-order chi connectivity index (χ0) is 37.5. The Kier molecular flexibility index (Phi) is 8.61. The van der Waals surface area contributed by atoms with Gasteiger partial charge in [0.25, 0.3) is 0 Å². The van der Waals surface area contributed by atoms with Gasteiger partial charge in [-0.05, 0) is 92.1 Å². The molecule has 0 bridgehead atoms. The van der Waals surface area contributed by atoms with Crippen molar-refractivity contribution in [3.8, 4) is 33.8 Å². The molecule has 2 aliphatic heterocycles. The Balaban J connectivity index is 0.949. The summed E-state index contributed by atoms with van der Waals surface area (Å²) in [5, 5.41) is 12.5. The zero-order valence-electron chi connectivity index (χ0n) is 30.8. The van der Waals surface area contributed by atoms with Gasteiger partial charge >= 0.3 is 0 Å². The Labute approximate surface area is 327 Å². The highest BCUT2D eigenvalue weighted by molar-refractivity contribution is 5.86. The van der Waals surface area contributed by atoms with Crippen molar-refractivity contribution in [2.45, 2.75) is 24.7 Å². The van der Waals surface area contributed by atoms with Crippen LogP contribution in [0.3, 0.4) is 0 Å². The molecule has 10 rings (SSSR count). The molecule has 5 nitrogen and oxygen atoms in total. The van der Waals surface area contributed by atoms with E-state index < -0.39 is 5.41 Å². The highest BCUT2D eigenvalue weighted by atomic mass is 16.5. The lowest BCUT2D eigenvalue weighted by Gasteiger charge is -2.52. The second kappa shape index (κ2) is 14.2. The summed E-state index contributed by atoms with van der Waals surface area (Å²) in [6.45, 7) is 1.59. The molecule has 1 saturated heterocycles. The fourth-order valence-electron chi connectivity index (χ4n) is 8.72. The van der Waals surface area contributed by atoms with E-state index in [0.29, 0.717) is 0 Å². The van der Waals surface area contributed by atoms with Crippen LogP contribution in [-0.2, 0) is 18.5 Å². The number of ether oxygens (including phenoxy) is 1. The number of hydrazine groups is 2. The van der Waals surface area contributed by atoms with Crippen LogP contribution >= 0.6 is 0 Å². The van der Waals surface area contributed by atoms with Crippen LogP contribution in [0.1, 0.15) is 45.1 Å². The molecular formula is C51H40N4O. The van der Waals surface area contributed by atoms with Crippen LogP contribution in [0.5, 0.6) is 11.5 Å². The maximum absolute atomic E-state index is 7.82. The average Bonchev–Trinajstić information content (AvgIpc) is 3.57. The van der Waals surface area contributed by atoms with Gasteiger partial charge < -0.3 is 10.1 Å². The van der Waals surface area contributed by atoms with Crippen LogP contribution in [-0.4, -0.2) is 16.3 Å². The predicted octanol–water partition coefficient (Wildman–Crippen LogP) is 11.5. The molecule has 5 heteroatoms. The summed E-state index contributed by atoms with van der Waals surface area (Å²) in [7, 11) is 0. The Bertz CT molecular complexity index is 2580. The van der Waals surface area contributed by atoms with Crippen molar-refractivity contribution in [3.63, 3.8) is 0 Å². The number of allylic oxidation sites excluding steroid dienone is 3. The smallest absolute Gasteiger partial charge is 0.132 e. The molecule has 1 aliphatic carbocycles. The van der Waals surface area contributed by atoms with E-state index in [2.05, 4.69) is 191 Å². The molecule has 7 aromatic carbocycles. The minimum absolute atomic E-state index is 0.129. The molecule has 0 radical (unpaired) electrons. The number of nitrogens with one attached hydrogen (secondary N) is 2. The van der Waals surface area contributed by atoms with Gasteiger partial charge in [0.1, 0.15) is 17.7 Å². The third-order valence-corrected chi connectivity index (χ3v) is 11.4. The molecule has 1 atom stereocenters. The van der Waals surface area contributed by atoms with Crippen LogP contribution in [0.25, 0.3) is 28.3 Å². The van der Waals surface area contributed by atoms with Crippen molar-refractivity contribution in [1.29, 1.82) is 5.41 Å². The maximum Gasteiger partial charge on any atom is 0.132 e. The van der Waals surface area contributed by atoms with Gasteiger partial charge in [0.2, 0.25) is 0 Å². The molecule has 1 unspecified atom stereocenters. The lowest BCUT2D eigenvalue weighted by Crippen LogP contribution is -2.66. The normalized spacial score (nSPS) is 16.7. The average molecular weight is 725 g/mol. The Morgan fingerprint density at radius 1 is 0.571 bits per heavy atom. The predicted molar refractivity (Wildman–Crippen MR) is 226 cm³/mol. The van der Waals surface area contributed by atoms with Gasteiger partial charge in [-0.3, -0.25) is 0 Å². The number of benzene rings is 7. The van der Waals surface area contributed by atoms with Crippen LogP contribution in [0.2, 0.25) is 0 Å². The van der Waals surface area contributed by atoms with Crippen molar-refractivity contribution in [2.75, 3.05) is 0 Å². The largest absolute Gasteiger partial charge is 0.457 e. The lowest BCUT2D eigenvalue weighted by molar-refractivity contribution is -0.247. The maximum atomic E-state index is 7.82. The van der Waals surface area contributed by atoms with Gasteiger partial charge in [0.15, 0.2) is 0 Å². The molecular weight excluding hydrogens is 685 g/mol. The fraction of sp³-hybridized carbons (Fsp3) is 0.0784. The summed E-state index contributed by atoms with van der Waals surface area (Å²) in [6, 6.07) is 62.7. The molecule has 56 heavy (non-hydrogen) atoms.